The lowest BCUT2D eigenvalue weighted by atomic mass is 9.76. The molecule has 2 fully saturated rings. The molecule has 5 heterocycles. The number of imidazole rings is 1. The summed E-state index contributed by atoms with van der Waals surface area (Å²) in [5.41, 5.74) is 0.387. The van der Waals surface area contributed by atoms with Crippen molar-refractivity contribution in [3.8, 4) is 0 Å². The Morgan fingerprint density at radius 2 is 2.33 bits per heavy atom. The maximum atomic E-state index is 13.5. The Kier molecular flexibility index (Phi) is 3.87. The number of methoxy groups -OCH3 is 1. The van der Waals surface area contributed by atoms with Crippen LogP contribution in [0.4, 0.5) is 0 Å². The lowest BCUT2D eigenvalue weighted by molar-refractivity contribution is -0.143. The quantitative estimate of drug-likeness (QED) is 0.698. The number of hydrogen-bond acceptors (Lipinski definition) is 5. The van der Waals surface area contributed by atoms with Gasteiger partial charge >= 0.3 is 0 Å². The molecular formula is C19H24N4O4. The second kappa shape index (κ2) is 6.17. The molecule has 2 saturated heterocycles. The van der Waals surface area contributed by atoms with E-state index in [1.54, 1.807) is 12.0 Å². The highest BCUT2D eigenvalue weighted by atomic mass is 16.5. The monoisotopic (exact) mass is 372 g/mol. The summed E-state index contributed by atoms with van der Waals surface area (Å²) in [7, 11) is 1.62. The van der Waals surface area contributed by atoms with Crippen LogP contribution in [-0.4, -0.2) is 76.2 Å². The van der Waals surface area contributed by atoms with E-state index in [2.05, 4.69) is 9.55 Å². The molecule has 0 saturated carbocycles. The van der Waals surface area contributed by atoms with Crippen LogP contribution in [0.2, 0.25) is 0 Å². The molecule has 8 heteroatoms. The minimum atomic E-state index is -0.649. The molecule has 1 aromatic rings. The summed E-state index contributed by atoms with van der Waals surface area (Å²) in [5, 5.41) is 0. The van der Waals surface area contributed by atoms with Gasteiger partial charge in [0.05, 0.1) is 49.7 Å². The predicted molar refractivity (Wildman–Crippen MR) is 94.4 cm³/mol. The van der Waals surface area contributed by atoms with Crippen LogP contribution in [0.15, 0.2) is 24.7 Å². The maximum Gasteiger partial charge on any atom is 0.230 e. The Bertz CT molecular complexity index is 805. The lowest BCUT2D eigenvalue weighted by Gasteiger charge is -2.29. The molecule has 144 valence electrons. The first-order chi connectivity index (χ1) is 13.1. The minimum Gasteiger partial charge on any atom is -0.383 e. The van der Waals surface area contributed by atoms with Gasteiger partial charge in [0, 0.05) is 32.9 Å². The van der Waals surface area contributed by atoms with Gasteiger partial charge in [-0.3, -0.25) is 9.59 Å². The van der Waals surface area contributed by atoms with Gasteiger partial charge < -0.3 is 23.8 Å². The van der Waals surface area contributed by atoms with Gasteiger partial charge in [-0.15, -0.1) is 0 Å². The molecular weight excluding hydrogens is 348 g/mol. The first-order valence-corrected chi connectivity index (χ1v) is 9.56. The van der Waals surface area contributed by atoms with E-state index in [0.29, 0.717) is 32.8 Å². The summed E-state index contributed by atoms with van der Waals surface area (Å²) in [5.74, 6) is -0.834. The molecule has 1 aromatic heterocycles. The summed E-state index contributed by atoms with van der Waals surface area (Å²) in [6.45, 7) is 3.60. The van der Waals surface area contributed by atoms with E-state index < -0.39 is 17.4 Å². The van der Waals surface area contributed by atoms with Crippen molar-refractivity contribution in [3.05, 3.63) is 30.4 Å². The van der Waals surface area contributed by atoms with Gasteiger partial charge in [-0.05, 0) is 6.42 Å². The largest absolute Gasteiger partial charge is 0.383 e. The summed E-state index contributed by atoms with van der Waals surface area (Å²) < 4.78 is 13.4. The average molecular weight is 372 g/mol. The average Bonchev–Trinajstić information content (AvgIpc) is 3.38. The Morgan fingerprint density at radius 3 is 3.19 bits per heavy atom. The van der Waals surface area contributed by atoms with Crippen molar-refractivity contribution in [2.75, 3.05) is 33.4 Å². The van der Waals surface area contributed by atoms with Crippen LogP contribution >= 0.6 is 0 Å². The van der Waals surface area contributed by atoms with Crippen molar-refractivity contribution < 1.29 is 19.1 Å². The third-order valence-corrected chi connectivity index (χ3v) is 6.32. The molecule has 0 N–H and O–H groups in total. The smallest absolute Gasteiger partial charge is 0.230 e. The molecule has 4 atom stereocenters. The number of amides is 2. The van der Waals surface area contributed by atoms with E-state index in [0.717, 1.165) is 18.7 Å². The highest BCUT2D eigenvalue weighted by molar-refractivity contribution is 5.93. The second-order valence-corrected chi connectivity index (χ2v) is 7.84. The molecule has 1 spiro atoms. The fraction of sp³-hybridized carbons (Fsp3) is 0.632. The number of carbonyl (C=O) groups is 2. The van der Waals surface area contributed by atoms with Crippen LogP contribution in [-0.2, 0) is 32.2 Å². The minimum absolute atomic E-state index is 0.0112. The van der Waals surface area contributed by atoms with Crippen molar-refractivity contribution in [2.24, 2.45) is 11.8 Å². The van der Waals surface area contributed by atoms with Crippen LogP contribution in [0.1, 0.15) is 12.1 Å². The van der Waals surface area contributed by atoms with E-state index in [1.807, 2.05) is 29.6 Å². The molecule has 2 bridgehead atoms. The zero-order chi connectivity index (χ0) is 18.6. The number of likely N-dealkylation sites (tertiary alicyclic amines) is 1. The third kappa shape index (κ3) is 2.46. The van der Waals surface area contributed by atoms with Crippen LogP contribution in [0.25, 0.3) is 0 Å². The predicted octanol–water partition coefficient (Wildman–Crippen LogP) is 0.0438. The summed E-state index contributed by atoms with van der Waals surface area (Å²) >= 11 is 0. The molecule has 2 amide bonds. The van der Waals surface area contributed by atoms with Crippen molar-refractivity contribution in [2.45, 2.75) is 31.2 Å². The van der Waals surface area contributed by atoms with E-state index in [9.17, 15) is 9.59 Å². The Balaban J connectivity index is 1.40. The molecule has 5 rings (SSSR count). The SMILES string of the molecule is COCCN1C[C@]23C=C[C@H](O2)[C@H](C(=O)N2CCCn4cncc4C2)[C@H]3C1=O. The summed E-state index contributed by atoms with van der Waals surface area (Å²) in [6.07, 6.45) is 8.17. The number of aryl methyl sites for hydroxylation is 1. The number of nitrogens with zero attached hydrogens (tertiary/aromatic N) is 4. The van der Waals surface area contributed by atoms with Crippen molar-refractivity contribution in [1.29, 1.82) is 0 Å². The summed E-state index contributed by atoms with van der Waals surface area (Å²) in [6, 6.07) is 0. The van der Waals surface area contributed by atoms with E-state index in [-0.39, 0.29) is 17.9 Å². The highest BCUT2D eigenvalue weighted by Crippen LogP contribution is 2.52. The number of hydrogen-bond donors (Lipinski definition) is 0. The number of ether oxygens (including phenoxy) is 2. The Labute approximate surface area is 157 Å². The van der Waals surface area contributed by atoms with Gasteiger partial charge in [0.2, 0.25) is 11.8 Å². The Hall–Kier alpha value is -2.19. The number of carbonyl (C=O) groups excluding carboxylic acids is 2. The molecule has 0 aromatic carbocycles. The van der Waals surface area contributed by atoms with E-state index >= 15 is 0 Å². The third-order valence-electron chi connectivity index (χ3n) is 6.32. The molecule has 0 radical (unpaired) electrons. The second-order valence-electron chi connectivity index (χ2n) is 7.84. The zero-order valence-corrected chi connectivity index (χ0v) is 15.4. The zero-order valence-electron chi connectivity index (χ0n) is 15.4. The molecule has 4 aliphatic rings. The number of fused-ring (bicyclic) bond motifs is 2. The van der Waals surface area contributed by atoms with Crippen LogP contribution in [0.5, 0.6) is 0 Å². The summed E-state index contributed by atoms with van der Waals surface area (Å²) in [4.78, 5) is 34.4. The first-order valence-electron chi connectivity index (χ1n) is 9.56. The number of aromatic nitrogens is 2. The molecule has 8 nitrogen and oxygen atoms in total. The van der Waals surface area contributed by atoms with Crippen molar-refractivity contribution >= 4 is 11.8 Å². The van der Waals surface area contributed by atoms with Gasteiger partial charge in [0.25, 0.3) is 0 Å². The van der Waals surface area contributed by atoms with Crippen molar-refractivity contribution in [3.63, 3.8) is 0 Å². The van der Waals surface area contributed by atoms with Gasteiger partial charge in [-0.25, -0.2) is 4.98 Å². The fourth-order valence-electron chi connectivity index (χ4n) is 5.04. The lowest BCUT2D eigenvalue weighted by Crippen LogP contribution is -2.46. The molecule has 0 unspecified atom stereocenters. The van der Waals surface area contributed by atoms with Crippen LogP contribution < -0.4 is 0 Å². The van der Waals surface area contributed by atoms with Gasteiger partial charge in [0.1, 0.15) is 5.60 Å². The molecule has 0 aliphatic carbocycles. The van der Waals surface area contributed by atoms with Gasteiger partial charge in [-0.2, -0.15) is 0 Å². The van der Waals surface area contributed by atoms with Crippen LogP contribution in [0, 0.1) is 11.8 Å². The topological polar surface area (TPSA) is 76.9 Å². The van der Waals surface area contributed by atoms with Gasteiger partial charge in [0.15, 0.2) is 0 Å². The highest BCUT2D eigenvalue weighted by Gasteiger charge is 2.67. The van der Waals surface area contributed by atoms with Crippen molar-refractivity contribution in [1.82, 2.24) is 19.4 Å². The normalized spacial score (nSPS) is 34.1. The van der Waals surface area contributed by atoms with Crippen LogP contribution in [0.3, 0.4) is 0 Å². The van der Waals surface area contributed by atoms with Gasteiger partial charge in [-0.1, -0.05) is 12.2 Å². The Morgan fingerprint density at radius 1 is 1.44 bits per heavy atom. The van der Waals surface area contributed by atoms with E-state index in [4.69, 9.17) is 9.47 Å². The maximum absolute atomic E-state index is 13.5. The molecule has 4 aliphatic heterocycles. The number of rotatable bonds is 4. The van der Waals surface area contributed by atoms with E-state index in [1.165, 1.54) is 0 Å². The first kappa shape index (κ1) is 16.9. The standard InChI is InChI=1S/C19H24N4O4/c1-26-8-7-22-11-19-4-3-14(27-19)15(16(19)18(22)25)17(24)21-5-2-6-23-12-20-9-13(23)10-21/h3-4,9,12,14-16H,2,5-8,10-11H2,1H3/t14-,15-,16-,19-/m0/s1. The fourth-order valence-corrected chi connectivity index (χ4v) is 5.04. The molecule has 27 heavy (non-hydrogen) atoms.